The first-order valence-electron chi connectivity index (χ1n) is 8.22. The predicted molar refractivity (Wildman–Crippen MR) is 88.7 cm³/mol. The Morgan fingerprint density at radius 2 is 1.29 bits per heavy atom. The van der Waals surface area contributed by atoms with Crippen molar-refractivity contribution in [2.75, 3.05) is 72.9 Å². The van der Waals surface area contributed by atoms with E-state index in [9.17, 15) is 9.59 Å². The van der Waals surface area contributed by atoms with E-state index < -0.39 is 0 Å². The molecule has 0 radical (unpaired) electrons. The molecule has 4 N–H and O–H groups in total. The van der Waals surface area contributed by atoms with Crippen molar-refractivity contribution >= 4 is 11.8 Å². The Labute approximate surface area is 143 Å². The van der Waals surface area contributed by atoms with E-state index in [1.807, 2.05) is 0 Å². The molecule has 0 saturated carbocycles. The fraction of sp³-hybridized carbons (Fsp3) is 0.867. The van der Waals surface area contributed by atoms with E-state index in [-0.39, 0.29) is 31.4 Å². The lowest BCUT2D eigenvalue weighted by atomic mass is 10.4. The molecule has 24 heavy (non-hydrogen) atoms. The van der Waals surface area contributed by atoms with Gasteiger partial charge in [0, 0.05) is 32.5 Å². The summed E-state index contributed by atoms with van der Waals surface area (Å²) in [6, 6.07) is 0. The van der Waals surface area contributed by atoms with E-state index in [1.54, 1.807) is 7.05 Å². The molecule has 0 saturated heterocycles. The molecule has 0 aromatic carbocycles. The molecule has 0 fully saturated rings. The zero-order chi connectivity index (χ0) is 17.9. The van der Waals surface area contributed by atoms with Crippen LogP contribution in [0.4, 0.5) is 0 Å². The highest BCUT2D eigenvalue weighted by Crippen LogP contribution is 1.85. The largest absolute Gasteiger partial charge is 0.394 e. The van der Waals surface area contributed by atoms with Crippen LogP contribution in [-0.4, -0.2) is 89.9 Å². The summed E-state index contributed by atoms with van der Waals surface area (Å²) in [7, 11) is 1.80. The van der Waals surface area contributed by atoms with Gasteiger partial charge in [-0.2, -0.15) is 0 Å². The minimum Gasteiger partial charge on any atom is -0.394 e. The fourth-order valence-electron chi connectivity index (χ4n) is 1.59. The van der Waals surface area contributed by atoms with Crippen LogP contribution in [0.3, 0.4) is 0 Å². The number of amides is 2. The van der Waals surface area contributed by atoms with Crippen LogP contribution in [0.15, 0.2) is 0 Å². The van der Waals surface area contributed by atoms with Crippen LogP contribution in [0.5, 0.6) is 0 Å². The second kappa shape index (κ2) is 18.1. The molecule has 142 valence electrons. The molecular formula is C15H31N3O6. The molecule has 0 rings (SSSR count). The first-order valence-corrected chi connectivity index (χ1v) is 8.22. The Hall–Kier alpha value is -1.26. The summed E-state index contributed by atoms with van der Waals surface area (Å²) in [4.78, 5) is 22.7. The van der Waals surface area contributed by atoms with Crippen LogP contribution in [0.2, 0.25) is 0 Å². The summed E-state index contributed by atoms with van der Waals surface area (Å²) >= 11 is 0. The minimum atomic E-state index is -0.104. The molecule has 9 heteroatoms. The third-order valence-electron chi connectivity index (χ3n) is 2.82. The quantitative estimate of drug-likeness (QED) is 0.230. The molecule has 9 nitrogen and oxygen atoms in total. The highest BCUT2D eigenvalue weighted by atomic mass is 16.5. The summed E-state index contributed by atoms with van der Waals surface area (Å²) in [6.07, 6.45) is 0.733. The molecule has 0 heterocycles. The Balaban J connectivity index is 3.21. The molecule has 0 spiro atoms. The standard InChI is InChI=1S/C15H31N3O6/c1-16-4-2-14(20)17-6-10-24-13-12-22-8-3-15(21)18-5-9-23-11-7-19/h16,19H,2-13H2,1H3,(H,17,20)(H,18,21). The third kappa shape index (κ3) is 17.1. The van der Waals surface area contributed by atoms with Gasteiger partial charge in [-0.15, -0.1) is 0 Å². The first kappa shape index (κ1) is 22.7. The Morgan fingerprint density at radius 1 is 0.750 bits per heavy atom. The molecule has 0 aliphatic rings. The molecular weight excluding hydrogens is 318 g/mol. The molecule has 0 atom stereocenters. The molecule has 0 unspecified atom stereocenters. The van der Waals surface area contributed by atoms with Crippen molar-refractivity contribution in [1.82, 2.24) is 16.0 Å². The summed E-state index contributed by atoms with van der Waals surface area (Å²) in [5, 5.41) is 16.8. The lowest BCUT2D eigenvalue weighted by Crippen LogP contribution is -2.30. The normalized spacial score (nSPS) is 10.6. The van der Waals surface area contributed by atoms with Gasteiger partial charge in [0.05, 0.1) is 46.2 Å². The van der Waals surface area contributed by atoms with Gasteiger partial charge in [-0.3, -0.25) is 9.59 Å². The molecule has 0 aromatic heterocycles. The molecule has 0 aromatic rings. The van der Waals surface area contributed by atoms with Crippen molar-refractivity contribution in [3.63, 3.8) is 0 Å². The van der Waals surface area contributed by atoms with Crippen LogP contribution in [0, 0.1) is 0 Å². The topological polar surface area (TPSA) is 118 Å². The van der Waals surface area contributed by atoms with E-state index in [0.717, 1.165) is 0 Å². The van der Waals surface area contributed by atoms with Gasteiger partial charge < -0.3 is 35.3 Å². The number of aliphatic hydroxyl groups is 1. The zero-order valence-corrected chi connectivity index (χ0v) is 14.5. The van der Waals surface area contributed by atoms with Crippen molar-refractivity contribution in [1.29, 1.82) is 0 Å². The van der Waals surface area contributed by atoms with Crippen LogP contribution >= 0.6 is 0 Å². The second-order valence-corrected chi connectivity index (χ2v) is 4.86. The van der Waals surface area contributed by atoms with E-state index in [2.05, 4.69) is 16.0 Å². The van der Waals surface area contributed by atoms with Crippen LogP contribution in [0.1, 0.15) is 12.8 Å². The third-order valence-corrected chi connectivity index (χ3v) is 2.82. The van der Waals surface area contributed by atoms with Crippen LogP contribution in [-0.2, 0) is 23.8 Å². The second-order valence-electron chi connectivity index (χ2n) is 4.86. The van der Waals surface area contributed by atoms with Gasteiger partial charge in [0.15, 0.2) is 0 Å². The van der Waals surface area contributed by atoms with E-state index in [4.69, 9.17) is 19.3 Å². The maximum absolute atomic E-state index is 11.4. The Bertz CT molecular complexity index is 318. The lowest BCUT2D eigenvalue weighted by molar-refractivity contribution is -0.122. The number of nitrogens with one attached hydrogen (secondary N) is 3. The number of ether oxygens (including phenoxy) is 3. The first-order chi connectivity index (χ1) is 11.7. The number of hydrogen-bond acceptors (Lipinski definition) is 7. The number of carbonyl (C=O) groups is 2. The van der Waals surface area contributed by atoms with Crippen molar-refractivity contribution in [2.24, 2.45) is 0 Å². The van der Waals surface area contributed by atoms with Crippen molar-refractivity contribution < 1.29 is 28.9 Å². The minimum absolute atomic E-state index is 0.00280. The van der Waals surface area contributed by atoms with Crippen molar-refractivity contribution in [3.05, 3.63) is 0 Å². The number of rotatable bonds is 17. The van der Waals surface area contributed by atoms with Crippen molar-refractivity contribution in [3.8, 4) is 0 Å². The van der Waals surface area contributed by atoms with E-state index >= 15 is 0 Å². The van der Waals surface area contributed by atoms with Gasteiger partial charge in [-0.1, -0.05) is 0 Å². The summed E-state index contributed by atoms with van der Waals surface area (Å²) in [5.41, 5.74) is 0. The average molecular weight is 349 g/mol. The average Bonchev–Trinajstić information content (AvgIpc) is 2.58. The highest BCUT2D eigenvalue weighted by Gasteiger charge is 2.01. The molecule has 2 amide bonds. The fourth-order valence-corrected chi connectivity index (χ4v) is 1.59. The summed E-state index contributed by atoms with van der Waals surface area (Å²) in [6.45, 7) is 3.77. The Kier molecular flexibility index (Phi) is 17.1. The molecule has 0 aliphatic heterocycles. The smallest absolute Gasteiger partial charge is 0.222 e. The lowest BCUT2D eigenvalue weighted by Gasteiger charge is -2.08. The molecule has 0 aliphatic carbocycles. The maximum Gasteiger partial charge on any atom is 0.222 e. The summed E-state index contributed by atoms with van der Waals surface area (Å²) in [5.74, 6) is -0.107. The van der Waals surface area contributed by atoms with Gasteiger partial charge in [0.25, 0.3) is 0 Å². The maximum atomic E-state index is 11.4. The van der Waals surface area contributed by atoms with Crippen molar-refractivity contribution in [2.45, 2.75) is 12.8 Å². The van der Waals surface area contributed by atoms with E-state index in [0.29, 0.717) is 59.1 Å². The number of carbonyl (C=O) groups excluding carboxylic acids is 2. The van der Waals surface area contributed by atoms with E-state index in [1.165, 1.54) is 0 Å². The van der Waals surface area contributed by atoms with Gasteiger partial charge in [-0.05, 0) is 7.05 Å². The van der Waals surface area contributed by atoms with Gasteiger partial charge in [0.1, 0.15) is 0 Å². The Morgan fingerprint density at radius 3 is 1.88 bits per heavy atom. The van der Waals surface area contributed by atoms with Crippen LogP contribution < -0.4 is 16.0 Å². The van der Waals surface area contributed by atoms with Gasteiger partial charge in [-0.25, -0.2) is 0 Å². The number of aliphatic hydroxyl groups excluding tert-OH is 1. The number of hydrogen-bond donors (Lipinski definition) is 4. The SMILES string of the molecule is CNCCC(=O)NCCOCCOCCC(=O)NCCOCCO. The van der Waals surface area contributed by atoms with Crippen LogP contribution in [0.25, 0.3) is 0 Å². The highest BCUT2D eigenvalue weighted by molar-refractivity contribution is 5.76. The van der Waals surface area contributed by atoms with Gasteiger partial charge in [0.2, 0.25) is 11.8 Å². The monoisotopic (exact) mass is 349 g/mol. The molecule has 0 bridgehead atoms. The zero-order valence-electron chi connectivity index (χ0n) is 14.5. The van der Waals surface area contributed by atoms with Gasteiger partial charge >= 0.3 is 0 Å². The predicted octanol–water partition coefficient (Wildman–Crippen LogP) is -1.74. The summed E-state index contributed by atoms with van der Waals surface area (Å²) < 4.78 is 15.6.